The highest BCUT2D eigenvalue weighted by molar-refractivity contribution is 9.10. The van der Waals surface area contributed by atoms with Gasteiger partial charge in [0.25, 0.3) is 0 Å². The lowest BCUT2D eigenvalue weighted by molar-refractivity contribution is 0.177. The fraction of sp³-hybridized carbons (Fsp3) is 0.154. The summed E-state index contributed by atoms with van der Waals surface area (Å²) in [4.78, 5) is 3.84. The molecule has 1 aromatic carbocycles. The number of halogens is 3. The van der Waals surface area contributed by atoms with Crippen LogP contribution in [-0.4, -0.2) is 10.1 Å². The third-order valence-electron chi connectivity index (χ3n) is 2.58. The summed E-state index contributed by atoms with van der Waals surface area (Å²) in [5, 5.41) is 10.5. The number of aliphatic hydroxyl groups excluding tert-OH is 1. The van der Waals surface area contributed by atoms with Gasteiger partial charge >= 0.3 is 0 Å². The summed E-state index contributed by atoms with van der Waals surface area (Å²) in [6.45, 7) is 0. The number of hydrogen-bond acceptors (Lipinski definition) is 2. The van der Waals surface area contributed by atoms with Crippen molar-refractivity contribution in [2.45, 2.75) is 12.5 Å². The summed E-state index contributed by atoms with van der Waals surface area (Å²) >= 11 is 9.20. The Bertz CT molecular complexity index is 564. The van der Waals surface area contributed by atoms with Crippen LogP contribution in [0.5, 0.6) is 0 Å². The van der Waals surface area contributed by atoms with Crippen molar-refractivity contribution in [3.63, 3.8) is 0 Å². The molecule has 0 spiro atoms. The fourth-order valence-corrected chi connectivity index (χ4v) is 2.33. The Morgan fingerprint density at radius 1 is 1.39 bits per heavy atom. The molecule has 2 aromatic rings. The minimum Gasteiger partial charge on any atom is -0.388 e. The maximum atomic E-state index is 13.6. The van der Waals surface area contributed by atoms with Gasteiger partial charge in [0.15, 0.2) is 0 Å². The molecule has 2 nitrogen and oxygen atoms in total. The van der Waals surface area contributed by atoms with Crippen LogP contribution in [0, 0.1) is 5.82 Å². The van der Waals surface area contributed by atoms with Gasteiger partial charge in [-0.1, -0.05) is 27.5 Å². The second-order valence-corrected chi connectivity index (χ2v) is 5.18. The molecule has 0 aliphatic heterocycles. The van der Waals surface area contributed by atoms with Gasteiger partial charge in [-0.05, 0) is 29.8 Å². The van der Waals surface area contributed by atoms with Crippen LogP contribution in [0.1, 0.15) is 17.2 Å². The lowest BCUT2D eigenvalue weighted by atomic mass is 10.0. The molecule has 0 amide bonds. The lowest BCUT2D eigenvalue weighted by Crippen LogP contribution is -2.04. The minimum absolute atomic E-state index is 0.162. The van der Waals surface area contributed by atoms with Crippen LogP contribution in [0.4, 0.5) is 4.39 Å². The van der Waals surface area contributed by atoms with Crippen molar-refractivity contribution >= 4 is 27.5 Å². The summed E-state index contributed by atoms with van der Waals surface area (Å²) in [6.07, 6.45) is 2.30. The number of aromatic nitrogens is 1. The van der Waals surface area contributed by atoms with E-state index in [-0.39, 0.29) is 12.2 Å². The van der Waals surface area contributed by atoms with Gasteiger partial charge in [-0.2, -0.15) is 0 Å². The van der Waals surface area contributed by atoms with Crippen molar-refractivity contribution in [1.82, 2.24) is 4.98 Å². The molecule has 1 atom stereocenters. The molecule has 1 unspecified atom stereocenters. The Kier molecular flexibility index (Phi) is 4.32. The zero-order valence-electron chi connectivity index (χ0n) is 9.28. The molecule has 94 valence electrons. The van der Waals surface area contributed by atoms with Gasteiger partial charge < -0.3 is 5.11 Å². The van der Waals surface area contributed by atoms with E-state index >= 15 is 0 Å². The summed E-state index contributed by atoms with van der Waals surface area (Å²) in [6, 6.07) is 6.25. The van der Waals surface area contributed by atoms with E-state index in [2.05, 4.69) is 20.9 Å². The second kappa shape index (κ2) is 5.78. The standard InChI is InChI=1S/C13H10BrClFNO/c14-9-1-2-12(16)8(5-9)6-13(18)10-3-4-17-7-11(10)15/h1-5,7,13,18H,6H2. The molecule has 0 radical (unpaired) electrons. The topological polar surface area (TPSA) is 33.1 Å². The quantitative estimate of drug-likeness (QED) is 0.925. The molecule has 0 saturated heterocycles. The molecule has 0 aliphatic rings. The van der Waals surface area contributed by atoms with Crippen LogP contribution < -0.4 is 0 Å². The van der Waals surface area contributed by atoms with Crippen molar-refractivity contribution in [3.8, 4) is 0 Å². The Labute approximate surface area is 118 Å². The van der Waals surface area contributed by atoms with Gasteiger partial charge in [-0.15, -0.1) is 0 Å². The van der Waals surface area contributed by atoms with Crippen LogP contribution in [0.2, 0.25) is 5.02 Å². The first-order chi connectivity index (χ1) is 8.58. The predicted molar refractivity (Wildman–Crippen MR) is 72.0 cm³/mol. The molecule has 0 fully saturated rings. The van der Waals surface area contributed by atoms with Crippen LogP contribution >= 0.6 is 27.5 Å². The Morgan fingerprint density at radius 2 is 2.17 bits per heavy atom. The summed E-state index contributed by atoms with van der Waals surface area (Å²) in [5.74, 6) is -0.345. The van der Waals surface area contributed by atoms with Crippen molar-refractivity contribution < 1.29 is 9.50 Å². The van der Waals surface area contributed by atoms with E-state index in [1.807, 2.05) is 0 Å². The molecule has 0 aliphatic carbocycles. The first kappa shape index (κ1) is 13.5. The number of hydrogen-bond donors (Lipinski definition) is 1. The third-order valence-corrected chi connectivity index (χ3v) is 3.39. The Morgan fingerprint density at radius 3 is 2.89 bits per heavy atom. The molecule has 0 saturated carbocycles. The zero-order chi connectivity index (χ0) is 13.1. The maximum absolute atomic E-state index is 13.6. The van der Waals surface area contributed by atoms with Crippen LogP contribution in [0.25, 0.3) is 0 Å². The molecule has 1 N–H and O–H groups in total. The van der Waals surface area contributed by atoms with E-state index in [0.29, 0.717) is 16.1 Å². The van der Waals surface area contributed by atoms with Crippen LogP contribution in [-0.2, 0) is 6.42 Å². The van der Waals surface area contributed by atoms with Gasteiger partial charge in [0.2, 0.25) is 0 Å². The van der Waals surface area contributed by atoms with Crippen LogP contribution in [0.15, 0.2) is 41.1 Å². The van der Waals surface area contributed by atoms with Gasteiger partial charge in [-0.3, -0.25) is 4.98 Å². The number of benzene rings is 1. The summed E-state index contributed by atoms with van der Waals surface area (Å²) in [5.41, 5.74) is 0.982. The summed E-state index contributed by atoms with van der Waals surface area (Å²) in [7, 11) is 0. The summed E-state index contributed by atoms with van der Waals surface area (Å²) < 4.78 is 14.3. The Balaban J connectivity index is 2.24. The van der Waals surface area contributed by atoms with E-state index in [0.717, 1.165) is 4.47 Å². The number of aliphatic hydroxyl groups is 1. The SMILES string of the molecule is OC(Cc1cc(Br)ccc1F)c1ccncc1Cl. The third kappa shape index (κ3) is 3.07. The van der Waals surface area contributed by atoms with E-state index in [1.165, 1.54) is 12.3 Å². The largest absolute Gasteiger partial charge is 0.388 e. The Hall–Kier alpha value is -0.970. The first-order valence-electron chi connectivity index (χ1n) is 5.29. The molecule has 2 rings (SSSR count). The molecule has 18 heavy (non-hydrogen) atoms. The first-order valence-corrected chi connectivity index (χ1v) is 6.46. The smallest absolute Gasteiger partial charge is 0.126 e. The molecule has 0 bridgehead atoms. The number of nitrogens with zero attached hydrogens (tertiary/aromatic N) is 1. The molecule has 5 heteroatoms. The van der Waals surface area contributed by atoms with E-state index in [9.17, 15) is 9.50 Å². The van der Waals surface area contributed by atoms with Crippen LogP contribution in [0.3, 0.4) is 0 Å². The highest BCUT2D eigenvalue weighted by Gasteiger charge is 2.14. The number of pyridine rings is 1. The highest BCUT2D eigenvalue weighted by Crippen LogP contribution is 2.26. The van der Waals surface area contributed by atoms with Crippen molar-refractivity contribution in [3.05, 3.63) is 63.1 Å². The minimum atomic E-state index is -0.857. The van der Waals surface area contributed by atoms with Gasteiger partial charge in [-0.25, -0.2) is 4.39 Å². The van der Waals surface area contributed by atoms with Gasteiger partial charge in [0.1, 0.15) is 5.82 Å². The second-order valence-electron chi connectivity index (χ2n) is 3.85. The number of rotatable bonds is 3. The zero-order valence-corrected chi connectivity index (χ0v) is 11.6. The van der Waals surface area contributed by atoms with Gasteiger partial charge in [0.05, 0.1) is 11.1 Å². The van der Waals surface area contributed by atoms with E-state index < -0.39 is 6.10 Å². The molecule has 1 heterocycles. The highest BCUT2D eigenvalue weighted by atomic mass is 79.9. The fourth-order valence-electron chi connectivity index (χ4n) is 1.67. The normalized spacial score (nSPS) is 12.4. The van der Waals surface area contributed by atoms with Crippen molar-refractivity contribution in [2.75, 3.05) is 0 Å². The van der Waals surface area contributed by atoms with E-state index in [4.69, 9.17) is 11.6 Å². The van der Waals surface area contributed by atoms with E-state index in [1.54, 1.807) is 24.4 Å². The molecular weight excluding hydrogens is 321 g/mol. The monoisotopic (exact) mass is 329 g/mol. The average molecular weight is 331 g/mol. The van der Waals surface area contributed by atoms with Crippen molar-refractivity contribution in [2.24, 2.45) is 0 Å². The molecular formula is C13H10BrClFNO. The van der Waals surface area contributed by atoms with Crippen molar-refractivity contribution in [1.29, 1.82) is 0 Å². The average Bonchev–Trinajstić information content (AvgIpc) is 2.34. The molecule has 1 aromatic heterocycles. The van der Waals surface area contributed by atoms with Gasteiger partial charge in [0, 0.05) is 28.9 Å². The predicted octanol–water partition coefficient (Wildman–Crippen LogP) is 3.91. The maximum Gasteiger partial charge on any atom is 0.126 e. The lowest BCUT2D eigenvalue weighted by Gasteiger charge is -2.13.